The standard InChI is InChI=1S/C24H34O10/c25-11-17-21(29)23(31)19(27)15(33-17)5-1-3-13-7-9-14(10-8-13)4-2-6-16-20(28)24(32)22(30)18(12-26)34-16/h1-4,7-10,15-32H,5-6,11-12H2. The molecule has 2 aliphatic rings. The highest BCUT2D eigenvalue weighted by atomic mass is 16.5. The van der Waals surface area contributed by atoms with E-state index in [2.05, 4.69) is 0 Å². The number of benzene rings is 1. The lowest BCUT2D eigenvalue weighted by Crippen LogP contribution is -2.58. The lowest BCUT2D eigenvalue weighted by atomic mass is 9.93. The lowest BCUT2D eigenvalue weighted by molar-refractivity contribution is -0.227. The van der Waals surface area contributed by atoms with E-state index in [0.717, 1.165) is 11.1 Å². The summed E-state index contributed by atoms with van der Waals surface area (Å²) < 4.78 is 10.9. The molecule has 3 rings (SSSR count). The highest BCUT2D eigenvalue weighted by molar-refractivity contribution is 5.55. The second-order valence-electron chi connectivity index (χ2n) is 8.68. The molecule has 0 bridgehead atoms. The molecule has 2 saturated heterocycles. The van der Waals surface area contributed by atoms with E-state index >= 15 is 0 Å². The van der Waals surface area contributed by atoms with E-state index in [1.165, 1.54) is 0 Å². The van der Waals surface area contributed by atoms with Crippen LogP contribution in [0.1, 0.15) is 24.0 Å². The van der Waals surface area contributed by atoms with Gasteiger partial charge in [0.05, 0.1) is 25.4 Å². The second-order valence-corrected chi connectivity index (χ2v) is 8.68. The number of rotatable bonds is 8. The van der Waals surface area contributed by atoms with Crippen LogP contribution in [0.2, 0.25) is 0 Å². The van der Waals surface area contributed by atoms with Crippen molar-refractivity contribution in [2.45, 2.75) is 73.9 Å². The van der Waals surface area contributed by atoms with Gasteiger partial charge in [-0.1, -0.05) is 48.6 Å². The van der Waals surface area contributed by atoms with Gasteiger partial charge in [0, 0.05) is 0 Å². The van der Waals surface area contributed by atoms with E-state index in [1.807, 2.05) is 36.4 Å². The normalized spacial score (nSPS) is 39.2. The fraction of sp³-hybridized carbons (Fsp3) is 0.583. The number of hydrogen-bond acceptors (Lipinski definition) is 10. The molecule has 190 valence electrons. The van der Waals surface area contributed by atoms with E-state index in [1.54, 1.807) is 12.2 Å². The SMILES string of the molecule is OCC1OC(CC=Cc2ccc(C=CCC3OC(CO)C(O)C(O)C3O)cc2)C(O)C(O)C1O. The molecule has 2 heterocycles. The Bertz CT molecular complexity index is 741. The Kier molecular flexibility index (Phi) is 9.74. The molecule has 10 nitrogen and oxygen atoms in total. The molecule has 10 atom stereocenters. The number of aliphatic hydroxyl groups is 8. The van der Waals surface area contributed by atoms with Crippen molar-refractivity contribution in [3.8, 4) is 0 Å². The van der Waals surface area contributed by atoms with Crippen LogP contribution < -0.4 is 0 Å². The number of ether oxygens (including phenoxy) is 2. The van der Waals surface area contributed by atoms with Gasteiger partial charge in [0.2, 0.25) is 0 Å². The molecule has 34 heavy (non-hydrogen) atoms. The van der Waals surface area contributed by atoms with Crippen molar-refractivity contribution in [2.75, 3.05) is 13.2 Å². The second kappa shape index (κ2) is 12.3. The maximum absolute atomic E-state index is 10.1. The smallest absolute Gasteiger partial charge is 0.111 e. The predicted molar refractivity (Wildman–Crippen MR) is 121 cm³/mol. The van der Waals surface area contributed by atoms with Gasteiger partial charge in [-0.15, -0.1) is 0 Å². The summed E-state index contributed by atoms with van der Waals surface area (Å²) in [4.78, 5) is 0. The van der Waals surface area contributed by atoms with Crippen molar-refractivity contribution in [2.24, 2.45) is 0 Å². The Morgan fingerprint density at radius 1 is 0.529 bits per heavy atom. The molecule has 0 aromatic heterocycles. The largest absolute Gasteiger partial charge is 0.394 e. The van der Waals surface area contributed by atoms with Gasteiger partial charge in [0.25, 0.3) is 0 Å². The molecular weight excluding hydrogens is 448 g/mol. The van der Waals surface area contributed by atoms with E-state index in [0.29, 0.717) is 0 Å². The highest BCUT2D eigenvalue weighted by Gasteiger charge is 2.43. The van der Waals surface area contributed by atoms with Gasteiger partial charge in [-0.25, -0.2) is 0 Å². The molecule has 1 aromatic carbocycles. The minimum Gasteiger partial charge on any atom is -0.394 e. The fourth-order valence-electron chi connectivity index (χ4n) is 4.14. The van der Waals surface area contributed by atoms with Gasteiger partial charge in [-0.2, -0.15) is 0 Å². The molecule has 0 saturated carbocycles. The molecule has 0 amide bonds. The van der Waals surface area contributed by atoms with Crippen molar-refractivity contribution in [1.82, 2.24) is 0 Å². The molecule has 10 unspecified atom stereocenters. The molecular formula is C24H34O10. The summed E-state index contributed by atoms with van der Waals surface area (Å²) >= 11 is 0. The Balaban J connectivity index is 1.51. The maximum atomic E-state index is 10.1. The monoisotopic (exact) mass is 482 g/mol. The third-order valence-electron chi connectivity index (χ3n) is 6.28. The van der Waals surface area contributed by atoms with E-state index in [4.69, 9.17) is 9.47 Å². The first-order chi connectivity index (χ1) is 16.3. The molecule has 2 aliphatic heterocycles. The van der Waals surface area contributed by atoms with Crippen LogP contribution in [0.15, 0.2) is 36.4 Å². The first-order valence-electron chi connectivity index (χ1n) is 11.3. The minimum atomic E-state index is -1.39. The van der Waals surface area contributed by atoms with Gasteiger partial charge in [0.1, 0.15) is 48.8 Å². The quantitative estimate of drug-likeness (QED) is 0.210. The van der Waals surface area contributed by atoms with E-state index in [9.17, 15) is 40.9 Å². The van der Waals surface area contributed by atoms with Gasteiger partial charge in [-0.3, -0.25) is 0 Å². The summed E-state index contributed by atoms with van der Waals surface area (Å²) in [5.74, 6) is 0. The van der Waals surface area contributed by atoms with Gasteiger partial charge in [0.15, 0.2) is 0 Å². The summed E-state index contributed by atoms with van der Waals surface area (Å²) in [5, 5.41) is 78.0. The third kappa shape index (κ3) is 6.29. The summed E-state index contributed by atoms with van der Waals surface area (Å²) in [6, 6.07) is 7.49. The molecule has 1 aromatic rings. The van der Waals surface area contributed by atoms with Crippen LogP contribution in [0.25, 0.3) is 12.2 Å². The van der Waals surface area contributed by atoms with Gasteiger partial charge in [-0.05, 0) is 24.0 Å². The van der Waals surface area contributed by atoms with Crippen molar-refractivity contribution in [3.05, 3.63) is 47.5 Å². The predicted octanol–water partition coefficient (Wildman–Crippen LogP) is -1.82. The summed E-state index contributed by atoms with van der Waals surface area (Å²) in [7, 11) is 0. The van der Waals surface area contributed by atoms with Crippen LogP contribution in [-0.2, 0) is 9.47 Å². The van der Waals surface area contributed by atoms with Gasteiger partial charge < -0.3 is 50.3 Å². The summed E-state index contributed by atoms with van der Waals surface area (Å²) in [6.45, 7) is -0.924. The zero-order valence-electron chi connectivity index (χ0n) is 18.6. The topological polar surface area (TPSA) is 180 Å². The molecule has 8 N–H and O–H groups in total. The van der Waals surface area contributed by atoms with Gasteiger partial charge >= 0.3 is 0 Å². The first kappa shape index (κ1) is 26.9. The molecule has 10 heteroatoms. The lowest BCUT2D eigenvalue weighted by Gasteiger charge is -2.39. The number of hydrogen-bond donors (Lipinski definition) is 8. The van der Waals surface area contributed by atoms with Crippen LogP contribution in [0.5, 0.6) is 0 Å². The van der Waals surface area contributed by atoms with Crippen molar-refractivity contribution < 1.29 is 50.3 Å². The Morgan fingerprint density at radius 2 is 0.853 bits per heavy atom. The minimum absolute atomic E-state index is 0.280. The third-order valence-corrected chi connectivity index (χ3v) is 6.28. The zero-order chi connectivity index (χ0) is 24.8. The number of aliphatic hydroxyl groups excluding tert-OH is 8. The van der Waals surface area contributed by atoms with E-state index in [-0.39, 0.29) is 12.8 Å². The molecule has 0 radical (unpaired) electrons. The fourth-order valence-corrected chi connectivity index (χ4v) is 4.14. The Hall–Kier alpha value is -1.70. The van der Waals surface area contributed by atoms with Crippen molar-refractivity contribution in [3.63, 3.8) is 0 Å². The Labute approximate surface area is 197 Å². The van der Waals surface area contributed by atoms with Crippen LogP contribution in [-0.4, -0.2) is 115 Å². The maximum Gasteiger partial charge on any atom is 0.111 e. The zero-order valence-corrected chi connectivity index (χ0v) is 18.6. The summed E-state index contributed by atoms with van der Waals surface area (Å²) in [6.07, 6.45) is -3.66. The van der Waals surface area contributed by atoms with E-state index < -0.39 is 74.3 Å². The van der Waals surface area contributed by atoms with Crippen LogP contribution in [0.3, 0.4) is 0 Å². The highest BCUT2D eigenvalue weighted by Crippen LogP contribution is 2.25. The first-order valence-corrected chi connectivity index (χ1v) is 11.3. The Morgan fingerprint density at radius 3 is 1.18 bits per heavy atom. The molecule has 0 spiro atoms. The molecule has 2 fully saturated rings. The van der Waals surface area contributed by atoms with Crippen molar-refractivity contribution in [1.29, 1.82) is 0 Å². The van der Waals surface area contributed by atoms with Crippen LogP contribution >= 0.6 is 0 Å². The van der Waals surface area contributed by atoms with Crippen LogP contribution in [0, 0.1) is 0 Å². The average molecular weight is 483 g/mol. The summed E-state index contributed by atoms with van der Waals surface area (Å²) in [5.41, 5.74) is 1.77. The van der Waals surface area contributed by atoms with Crippen molar-refractivity contribution >= 4 is 12.2 Å². The van der Waals surface area contributed by atoms with Crippen LogP contribution in [0.4, 0.5) is 0 Å². The average Bonchev–Trinajstić information content (AvgIpc) is 2.85. The molecule has 0 aliphatic carbocycles.